The second-order valence-corrected chi connectivity index (χ2v) is 5.29. The first-order chi connectivity index (χ1) is 9.04. The first kappa shape index (κ1) is 15.5. The maximum atomic E-state index is 12.1. The number of unbranched alkanes of at least 4 members (excludes halogenated alkanes) is 2. The number of carbonyl (C=O) groups excluding carboxylic acids is 1. The van der Waals surface area contributed by atoms with Crippen LogP contribution in [0.5, 0.6) is 0 Å². The van der Waals surface area contributed by atoms with Crippen LogP contribution in [0.3, 0.4) is 0 Å². The molecule has 106 valence electrons. The third kappa shape index (κ3) is 5.33. The molecule has 0 aliphatic heterocycles. The largest absolute Gasteiger partial charge is 0.399 e. The lowest BCUT2D eigenvalue weighted by Gasteiger charge is -2.19. The molecular weight excluding hydrogens is 236 g/mol. The zero-order valence-corrected chi connectivity index (χ0v) is 12.4. The summed E-state index contributed by atoms with van der Waals surface area (Å²) in [6.45, 7) is 5.12. The fourth-order valence-corrected chi connectivity index (χ4v) is 2.08. The molecule has 1 aromatic rings. The Morgan fingerprint density at radius 2 is 1.89 bits per heavy atom. The fraction of sp³-hybridized carbons (Fsp3) is 0.562. The number of anilines is 1. The molecule has 1 amide bonds. The Balaban J connectivity index is 2.44. The highest BCUT2D eigenvalue weighted by atomic mass is 16.2. The topological polar surface area (TPSA) is 46.3 Å². The predicted molar refractivity (Wildman–Crippen MR) is 81.0 cm³/mol. The molecule has 0 saturated carbocycles. The quantitative estimate of drug-likeness (QED) is 0.604. The van der Waals surface area contributed by atoms with Gasteiger partial charge in [-0.25, -0.2) is 0 Å². The van der Waals surface area contributed by atoms with Gasteiger partial charge in [0.15, 0.2) is 0 Å². The summed E-state index contributed by atoms with van der Waals surface area (Å²) in [5.41, 5.74) is 7.60. The first-order valence-electron chi connectivity index (χ1n) is 7.14. The lowest BCUT2D eigenvalue weighted by Crippen LogP contribution is -2.28. The maximum Gasteiger partial charge on any atom is 0.222 e. The van der Waals surface area contributed by atoms with Crippen molar-refractivity contribution in [2.24, 2.45) is 0 Å². The summed E-state index contributed by atoms with van der Waals surface area (Å²) in [6, 6.07) is 7.79. The monoisotopic (exact) mass is 262 g/mol. The van der Waals surface area contributed by atoms with Gasteiger partial charge in [-0.1, -0.05) is 38.8 Å². The lowest BCUT2D eigenvalue weighted by molar-refractivity contribution is -0.130. The third-order valence-corrected chi connectivity index (χ3v) is 3.51. The Morgan fingerprint density at radius 3 is 2.47 bits per heavy atom. The summed E-state index contributed by atoms with van der Waals surface area (Å²) in [4.78, 5) is 13.9. The van der Waals surface area contributed by atoms with Crippen molar-refractivity contribution >= 4 is 11.6 Å². The Kier molecular flexibility index (Phi) is 6.40. The molecular formula is C16H26N2O. The van der Waals surface area contributed by atoms with E-state index in [1.165, 1.54) is 18.4 Å². The summed E-state index contributed by atoms with van der Waals surface area (Å²) < 4.78 is 0. The number of hydrogen-bond acceptors (Lipinski definition) is 2. The molecule has 0 aromatic heterocycles. The van der Waals surface area contributed by atoms with E-state index in [2.05, 4.69) is 13.8 Å². The van der Waals surface area contributed by atoms with Gasteiger partial charge >= 0.3 is 0 Å². The van der Waals surface area contributed by atoms with E-state index in [9.17, 15) is 4.79 Å². The molecule has 0 spiro atoms. The number of nitrogens with two attached hydrogens (primary N) is 1. The normalized spacial score (nSPS) is 12.2. The van der Waals surface area contributed by atoms with Crippen LogP contribution in [0.15, 0.2) is 24.3 Å². The number of amides is 1. The zero-order valence-electron chi connectivity index (χ0n) is 12.4. The van der Waals surface area contributed by atoms with E-state index in [4.69, 9.17) is 5.73 Å². The summed E-state index contributed by atoms with van der Waals surface area (Å²) in [6.07, 6.45) is 4.02. The van der Waals surface area contributed by atoms with Crippen LogP contribution in [0.2, 0.25) is 0 Å². The second kappa shape index (κ2) is 7.82. The molecule has 1 aromatic carbocycles. The Morgan fingerprint density at radius 1 is 1.26 bits per heavy atom. The molecule has 0 saturated heterocycles. The predicted octanol–water partition coefficient (Wildman–Crippen LogP) is 3.41. The Bertz CT molecular complexity index is 386. The average molecular weight is 262 g/mol. The minimum Gasteiger partial charge on any atom is -0.399 e. The van der Waals surface area contributed by atoms with Crippen molar-refractivity contribution in [2.75, 3.05) is 19.3 Å². The molecule has 0 fully saturated rings. The van der Waals surface area contributed by atoms with Crippen LogP contribution in [-0.2, 0) is 4.79 Å². The molecule has 3 nitrogen and oxygen atoms in total. The van der Waals surface area contributed by atoms with Crippen molar-refractivity contribution in [3.63, 3.8) is 0 Å². The summed E-state index contributed by atoms with van der Waals surface area (Å²) in [5.74, 6) is 0.460. The van der Waals surface area contributed by atoms with Crippen molar-refractivity contribution in [3.8, 4) is 0 Å². The molecule has 1 rings (SSSR count). The summed E-state index contributed by atoms with van der Waals surface area (Å²) >= 11 is 0. The van der Waals surface area contributed by atoms with E-state index >= 15 is 0 Å². The van der Waals surface area contributed by atoms with Gasteiger partial charge in [0.2, 0.25) is 5.91 Å². The van der Waals surface area contributed by atoms with Crippen molar-refractivity contribution < 1.29 is 4.79 Å². The van der Waals surface area contributed by atoms with Crippen LogP contribution < -0.4 is 5.73 Å². The highest BCUT2D eigenvalue weighted by molar-refractivity contribution is 5.76. The van der Waals surface area contributed by atoms with E-state index in [0.717, 1.165) is 18.7 Å². The minimum atomic E-state index is 0.223. The van der Waals surface area contributed by atoms with E-state index in [-0.39, 0.29) is 11.8 Å². The molecule has 0 aliphatic rings. The number of rotatable bonds is 7. The number of carbonyl (C=O) groups is 1. The third-order valence-electron chi connectivity index (χ3n) is 3.51. The van der Waals surface area contributed by atoms with Gasteiger partial charge in [0.25, 0.3) is 0 Å². The van der Waals surface area contributed by atoms with Crippen LogP contribution in [0, 0.1) is 0 Å². The smallest absolute Gasteiger partial charge is 0.222 e. The molecule has 0 bridgehead atoms. The van der Waals surface area contributed by atoms with Gasteiger partial charge in [-0.05, 0) is 30.0 Å². The molecule has 0 aliphatic carbocycles. The van der Waals surface area contributed by atoms with E-state index in [0.29, 0.717) is 6.42 Å². The molecule has 0 heterocycles. The number of nitrogen functional groups attached to an aromatic ring is 1. The molecule has 19 heavy (non-hydrogen) atoms. The van der Waals surface area contributed by atoms with Gasteiger partial charge in [-0.2, -0.15) is 0 Å². The number of hydrogen-bond donors (Lipinski definition) is 1. The van der Waals surface area contributed by atoms with Crippen molar-refractivity contribution in [1.29, 1.82) is 0 Å². The van der Waals surface area contributed by atoms with Crippen molar-refractivity contribution in [1.82, 2.24) is 4.90 Å². The van der Waals surface area contributed by atoms with Crippen LogP contribution >= 0.6 is 0 Å². The zero-order chi connectivity index (χ0) is 14.3. The second-order valence-electron chi connectivity index (χ2n) is 5.29. The number of benzene rings is 1. The van der Waals surface area contributed by atoms with Gasteiger partial charge in [-0.15, -0.1) is 0 Å². The van der Waals surface area contributed by atoms with Crippen molar-refractivity contribution in [3.05, 3.63) is 29.8 Å². The standard InChI is InChI=1S/C16H26N2O/c1-4-5-6-11-18(3)16(19)12-13(2)14-7-9-15(17)10-8-14/h7-10,13H,4-6,11-12,17H2,1-3H3. The van der Waals surface area contributed by atoms with E-state index in [1.807, 2.05) is 36.2 Å². The minimum absolute atomic E-state index is 0.223. The SMILES string of the molecule is CCCCCN(C)C(=O)CC(C)c1ccc(N)cc1. The average Bonchev–Trinajstić information content (AvgIpc) is 2.39. The molecule has 1 unspecified atom stereocenters. The van der Waals surface area contributed by atoms with Gasteiger partial charge in [0, 0.05) is 25.7 Å². The van der Waals surface area contributed by atoms with E-state index < -0.39 is 0 Å². The summed E-state index contributed by atoms with van der Waals surface area (Å²) in [7, 11) is 1.90. The maximum absolute atomic E-state index is 12.1. The van der Waals surface area contributed by atoms with E-state index in [1.54, 1.807) is 0 Å². The highest BCUT2D eigenvalue weighted by Gasteiger charge is 2.14. The van der Waals surface area contributed by atoms with Crippen LogP contribution in [0.25, 0.3) is 0 Å². The fourth-order valence-electron chi connectivity index (χ4n) is 2.08. The first-order valence-corrected chi connectivity index (χ1v) is 7.14. The van der Waals surface area contributed by atoms with Crippen LogP contribution in [0.4, 0.5) is 5.69 Å². The molecule has 0 radical (unpaired) electrons. The molecule has 3 heteroatoms. The van der Waals surface area contributed by atoms with Crippen LogP contribution in [-0.4, -0.2) is 24.4 Å². The lowest BCUT2D eigenvalue weighted by atomic mass is 9.97. The Hall–Kier alpha value is -1.51. The van der Waals surface area contributed by atoms with Gasteiger partial charge in [0.05, 0.1) is 0 Å². The number of nitrogens with zero attached hydrogens (tertiary/aromatic N) is 1. The van der Waals surface area contributed by atoms with Gasteiger partial charge in [-0.3, -0.25) is 4.79 Å². The van der Waals surface area contributed by atoms with Gasteiger partial charge in [0.1, 0.15) is 0 Å². The van der Waals surface area contributed by atoms with Crippen molar-refractivity contribution in [2.45, 2.75) is 45.4 Å². The summed E-state index contributed by atoms with van der Waals surface area (Å²) in [5, 5.41) is 0. The van der Waals surface area contributed by atoms with Gasteiger partial charge < -0.3 is 10.6 Å². The van der Waals surface area contributed by atoms with Crippen LogP contribution in [0.1, 0.15) is 51.0 Å². The molecule has 1 atom stereocenters. The Labute approximate surface area is 116 Å². The highest BCUT2D eigenvalue weighted by Crippen LogP contribution is 2.20. The molecule has 2 N–H and O–H groups in total.